The standard InChI is InChI=1S/C26H22N2O6/c1-32-19-5-2-17(3-6-19)23-22(24(29)18-4-7-20-21(14-18)34-13-12-33-20)25(30)26(31)28(23)15-16-8-10-27-11-9-16/h2-11,14,23,29H,12-13,15H2,1H3/b24-22-. The molecule has 8 nitrogen and oxygen atoms in total. The monoisotopic (exact) mass is 458 g/mol. The number of rotatable bonds is 5. The third-order valence-corrected chi connectivity index (χ3v) is 5.89. The van der Waals surface area contributed by atoms with Crippen molar-refractivity contribution in [3.8, 4) is 17.2 Å². The Bertz CT molecular complexity index is 1270. The van der Waals surface area contributed by atoms with Crippen LogP contribution in [0.15, 0.2) is 72.6 Å². The number of Topliss-reactive ketones (excluding diaryl/α,β-unsaturated/α-hetero) is 1. The maximum Gasteiger partial charge on any atom is 0.295 e. The van der Waals surface area contributed by atoms with Crippen LogP contribution in [0.5, 0.6) is 17.2 Å². The molecule has 0 saturated carbocycles. The number of pyridine rings is 1. The quantitative estimate of drug-likeness (QED) is 0.355. The Morgan fingerprint density at radius 1 is 1.03 bits per heavy atom. The van der Waals surface area contributed by atoms with Crippen molar-refractivity contribution in [3.05, 3.63) is 89.3 Å². The van der Waals surface area contributed by atoms with E-state index in [1.54, 1.807) is 74.1 Å². The molecule has 1 atom stereocenters. The van der Waals surface area contributed by atoms with Gasteiger partial charge in [0.15, 0.2) is 11.5 Å². The fourth-order valence-corrected chi connectivity index (χ4v) is 4.21. The van der Waals surface area contributed by atoms with Crippen LogP contribution in [0.25, 0.3) is 5.76 Å². The van der Waals surface area contributed by atoms with Gasteiger partial charge in [-0.25, -0.2) is 0 Å². The maximum absolute atomic E-state index is 13.2. The van der Waals surface area contributed by atoms with E-state index in [4.69, 9.17) is 14.2 Å². The second-order valence-corrected chi connectivity index (χ2v) is 7.91. The number of ketones is 1. The Kier molecular flexibility index (Phi) is 5.63. The molecular weight excluding hydrogens is 436 g/mol. The smallest absolute Gasteiger partial charge is 0.295 e. The summed E-state index contributed by atoms with van der Waals surface area (Å²) in [5.74, 6) is -0.0241. The molecule has 1 aromatic heterocycles. The number of amides is 1. The second kappa shape index (κ2) is 8.90. The molecule has 2 aliphatic rings. The number of ether oxygens (including phenoxy) is 3. The van der Waals surface area contributed by atoms with E-state index in [0.29, 0.717) is 41.6 Å². The maximum atomic E-state index is 13.2. The summed E-state index contributed by atoms with van der Waals surface area (Å²) in [6.07, 6.45) is 3.26. The zero-order valence-electron chi connectivity index (χ0n) is 18.4. The zero-order chi connectivity index (χ0) is 23.7. The van der Waals surface area contributed by atoms with Crippen molar-refractivity contribution in [1.29, 1.82) is 0 Å². The number of nitrogens with zero attached hydrogens (tertiary/aromatic N) is 2. The molecule has 1 saturated heterocycles. The van der Waals surface area contributed by atoms with Crippen LogP contribution in [0.1, 0.15) is 22.7 Å². The predicted octanol–water partition coefficient (Wildman–Crippen LogP) is 3.48. The molecule has 34 heavy (non-hydrogen) atoms. The minimum Gasteiger partial charge on any atom is -0.507 e. The van der Waals surface area contributed by atoms with Crippen molar-refractivity contribution in [1.82, 2.24) is 9.88 Å². The number of benzene rings is 2. The summed E-state index contributed by atoms with van der Waals surface area (Å²) >= 11 is 0. The second-order valence-electron chi connectivity index (χ2n) is 7.91. The Morgan fingerprint density at radius 2 is 1.74 bits per heavy atom. The van der Waals surface area contributed by atoms with Crippen molar-refractivity contribution in [3.63, 3.8) is 0 Å². The van der Waals surface area contributed by atoms with Gasteiger partial charge in [0.05, 0.1) is 18.7 Å². The third kappa shape index (κ3) is 3.83. The van der Waals surface area contributed by atoms with Crippen LogP contribution in [0.3, 0.4) is 0 Å². The SMILES string of the molecule is COc1ccc(C2/C(=C(/O)c3ccc4c(c3)OCCO4)C(=O)C(=O)N2Cc2ccncc2)cc1. The molecule has 172 valence electrons. The lowest BCUT2D eigenvalue weighted by Crippen LogP contribution is -2.29. The topological polar surface area (TPSA) is 98.2 Å². The number of aliphatic hydroxyl groups is 1. The molecule has 3 aromatic rings. The van der Waals surface area contributed by atoms with Gasteiger partial charge in [0.25, 0.3) is 11.7 Å². The van der Waals surface area contributed by atoms with E-state index in [1.165, 1.54) is 4.90 Å². The molecule has 8 heteroatoms. The molecule has 5 rings (SSSR count). The first-order chi connectivity index (χ1) is 16.6. The van der Waals surface area contributed by atoms with Gasteiger partial charge < -0.3 is 24.2 Å². The van der Waals surface area contributed by atoms with E-state index in [9.17, 15) is 14.7 Å². The van der Waals surface area contributed by atoms with Crippen molar-refractivity contribution >= 4 is 17.4 Å². The third-order valence-electron chi connectivity index (χ3n) is 5.89. The lowest BCUT2D eigenvalue weighted by Gasteiger charge is -2.25. The highest BCUT2D eigenvalue weighted by atomic mass is 16.6. The van der Waals surface area contributed by atoms with E-state index < -0.39 is 17.7 Å². The Morgan fingerprint density at radius 3 is 2.44 bits per heavy atom. The highest BCUT2D eigenvalue weighted by Gasteiger charge is 2.46. The number of likely N-dealkylation sites (tertiary alicyclic amines) is 1. The van der Waals surface area contributed by atoms with Gasteiger partial charge in [-0.3, -0.25) is 14.6 Å². The zero-order valence-corrected chi connectivity index (χ0v) is 18.4. The molecule has 2 aliphatic heterocycles. The number of hydrogen-bond acceptors (Lipinski definition) is 7. The first kappa shape index (κ1) is 21.5. The first-order valence-corrected chi connectivity index (χ1v) is 10.8. The average molecular weight is 458 g/mol. The normalized spacial score (nSPS) is 18.7. The van der Waals surface area contributed by atoms with Gasteiger partial charge in [-0.05, 0) is 53.6 Å². The Balaban J connectivity index is 1.62. The minimum atomic E-state index is -0.785. The molecule has 1 fully saturated rings. The molecule has 1 amide bonds. The highest BCUT2D eigenvalue weighted by Crippen LogP contribution is 2.42. The summed E-state index contributed by atoms with van der Waals surface area (Å²) < 4.78 is 16.4. The van der Waals surface area contributed by atoms with Crippen LogP contribution in [-0.2, 0) is 16.1 Å². The predicted molar refractivity (Wildman–Crippen MR) is 123 cm³/mol. The summed E-state index contributed by atoms with van der Waals surface area (Å²) in [7, 11) is 1.56. The van der Waals surface area contributed by atoms with Crippen molar-refractivity contribution in [2.45, 2.75) is 12.6 Å². The van der Waals surface area contributed by atoms with Crippen LogP contribution in [0.4, 0.5) is 0 Å². The fourth-order valence-electron chi connectivity index (χ4n) is 4.21. The number of aromatic nitrogens is 1. The van der Waals surface area contributed by atoms with Gasteiger partial charge in [-0.15, -0.1) is 0 Å². The van der Waals surface area contributed by atoms with Gasteiger partial charge in [-0.1, -0.05) is 12.1 Å². The molecule has 0 spiro atoms. The Labute approximate surface area is 196 Å². The molecule has 1 unspecified atom stereocenters. The van der Waals surface area contributed by atoms with E-state index in [-0.39, 0.29) is 17.9 Å². The Hall–Kier alpha value is -4.33. The molecule has 1 N–H and O–H groups in total. The van der Waals surface area contributed by atoms with Gasteiger partial charge in [0.1, 0.15) is 24.7 Å². The van der Waals surface area contributed by atoms with Gasteiger partial charge >= 0.3 is 0 Å². The lowest BCUT2D eigenvalue weighted by molar-refractivity contribution is -0.140. The number of carbonyl (C=O) groups excluding carboxylic acids is 2. The number of carbonyl (C=O) groups is 2. The molecular formula is C26H22N2O6. The van der Waals surface area contributed by atoms with Gasteiger partial charge in [-0.2, -0.15) is 0 Å². The van der Waals surface area contributed by atoms with E-state index >= 15 is 0 Å². The van der Waals surface area contributed by atoms with Crippen molar-refractivity contribution in [2.24, 2.45) is 0 Å². The average Bonchev–Trinajstić information content (AvgIpc) is 3.13. The molecule has 2 aromatic carbocycles. The molecule has 3 heterocycles. The van der Waals surface area contributed by atoms with Crippen LogP contribution in [0, 0.1) is 0 Å². The molecule has 0 bridgehead atoms. The van der Waals surface area contributed by atoms with Crippen molar-refractivity contribution < 1.29 is 28.9 Å². The summed E-state index contributed by atoms with van der Waals surface area (Å²) in [5, 5.41) is 11.3. The summed E-state index contributed by atoms with van der Waals surface area (Å²) in [5.41, 5.74) is 1.87. The first-order valence-electron chi connectivity index (χ1n) is 10.8. The van der Waals surface area contributed by atoms with Crippen LogP contribution in [-0.4, -0.2) is 47.0 Å². The van der Waals surface area contributed by atoms with Crippen LogP contribution < -0.4 is 14.2 Å². The van der Waals surface area contributed by atoms with E-state index in [0.717, 1.165) is 5.56 Å². The van der Waals surface area contributed by atoms with Gasteiger partial charge in [0, 0.05) is 24.5 Å². The van der Waals surface area contributed by atoms with E-state index in [1.807, 2.05) is 0 Å². The van der Waals surface area contributed by atoms with Crippen LogP contribution in [0.2, 0.25) is 0 Å². The summed E-state index contributed by atoms with van der Waals surface area (Å²) in [6.45, 7) is 1.01. The minimum absolute atomic E-state index is 0.0147. The number of aliphatic hydroxyl groups excluding tert-OH is 1. The van der Waals surface area contributed by atoms with Gasteiger partial charge in [0.2, 0.25) is 0 Å². The van der Waals surface area contributed by atoms with Crippen LogP contribution >= 0.6 is 0 Å². The largest absolute Gasteiger partial charge is 0.507 e. The number of fused-ring (bicyclic) bond motifs is 1. The van der Waals surface area contributed by atoms with E-state index in [2.05, 4.69) is 4.98 Å². The van der Waals surface area contributed by atoms with Crippen molar-refractivity contribution in [2.75, 3.05) is 20.3 Å². The number of hydrogen-bond donors (Lipinski definition) is 1. The molecule has 0 radical (unpaired) electrons. The highest BCUT2D eigenvalue weighted by molar-refractivity contribution is 6.46. The summed E-state index contributed by atoms with van der Waals surface area (Å²) in [4.78, 5) is 31.8. The summed E-state index contributed by atoms with van der Waals surface area (Å²) in [6, 6.07) is 14.8. The number of methoxy groups -OCH3 is 1. The molecule has 0 aliphatic carbocycles. The lowest BCUT2D eigenvalue weighted by atomic mass is 9.95. The fraction of sp³-hybridized carbons (Fsp3) is 0.192.